The van der Waals surface area contributed by atoms with Gasteiger partial charge in [0, 0.05) is 18.9 Å². The Morgan fingerprint density at radius 3 is 2.67 bits per heavy atom. The van der Waals surface area contributed by atoms with Gasteiger partial charge in [-0.2, -0.15) is 4.31 Å². The summed E-state index contributed by atoms with van der Waals surface area (Å²) >= 11 is 0. The lowest BCUT2D eigenvalue weighted by Gasteiger charge is -2.20. The summed E-state index contributed by atoms with van der Waals surface area (Å²) in [5.74, 6) is 0.598. The molecule has 82 valence electrons. The molecule has 0 saturated carbocycles. The third-order valence-electron chi connectivity index (χ3n) is 2.51. The second-order valence-electron chi connectivity index (χ2n) is 3.64. The van der Waals surface area contributed by atoms with Crippen LogP contribution in [0.15, 0.2) is 18.5 Å². The molecule has 1 aromatic rings. The fraction of sp³-hybridized carbons (Fsp3) is 0.556. The molecule has 0 bridgehead atoms. The molecule has 1 unspecified atom stereocenters. The monoisotopic (exact) mass is 227 g/mol. The number of sulfonamides is 1. The first-order valence-corrected chi connectivity index (χ1v) is 6.67. The van der Waals surface area contributed by atoms with E-state index in [4.69, 9.17) is 0 Å². The van der Waals surface area contributed by atoms with Gasteiger partial charge in [0.05, 0.1) is 12.3 Å². The van der Waals surface area contributed by atoms with E-state index in [0.29, 0.717) is 12.4 Å². The van der Waals surface area contributed by atoms with Gasteiger partial charge in [-0.3, -0.25) is 0 Å². The third-order valence-corrected chi connectivity index (χ3v) is 3.80. The van der Waals surface area contributed by atoms with Gasteiger partial charge in [-0.05, 0) is 18.9 Å². The molecule has 0 amide bonds. The van der Waals surface area contributed by atoms with Crippen LogP contribution in [0, 0.1) is 0 Å². The number of hydrogen-bond donors (Lipinski definition) is 0. The molecule has 5 nitrogen and oxygen atoms in total. The van der Waals surface area contributed by atoms with Crippen molar-refractivity contribution in [1.82, 2.24) is 14.3 Å². The predicted molar refractivity (Wildman–Crippen MR) is 55.6 cm³/mol. The Balaban J connectivity index is 2.30. The maximum atomic E-state index is 11.5. The van der Waals surface area contributed by atoms with Gasteiger partial charge in [-0.25, -0.2) is 18.4 Å². The molecule has 0 aliphatic carbocycles. The van der Waals surface area contributed by atoms with Gasteiger partial charge in [0.25, 0.3) is 0 Å². The van der Waals surface area contributed by atoms with Crippen molar-refractivity contribution in [3.63, 3.8) is 0 Å². The average Bonchev–Trinajstić information content (AvgIpc) is 2.67. The van der Waals surface area contributed by atoms with E-state index < -0.39 is 10.0 Å². The summed E-state index contributed by atoms with van der Waals surface area (Å²) in [6, 6.07) is 1.55. The lowest BCUT2D eigenvalue weighted by atomic mass is 10.2. The summed E-state index contributed by atoms with van der Waals surface area (Å²) in [4.78, 5) is 8.21. The van der Waals surface area contributed by atoms with Gasteiger partial charge in [-0.15, -0.1) is 0 Å². The molecular weight excluding hydrogens is 214 g/mol. The Morgan fingerprint density at radius 2 is 2.07 bits per heavy atom. The minimum absolute atomic E-state index is 0.179. The Morgan fingerprint density at radius 1 is 1.40 bits per heavy atom. The molecule has 2 heterocycles. The largest absolute Gasteiger partial charge is 0.240 e. The standard InChI is InChI=1S/C9H13N3O2S/c1-15(13,14)12-7-2-4-8(12)9-10-5-3-6-11-9/h3,5-6,8H,2,4,7H2,1H3. The van der Waals surface area contributed by atoms with Crippen molar-refractivity contribution in [3.05, 3.63) is 24.3 Å². The summed E-state index contributed by atoms with van der Waals surface area (Å²) in [6.45, 7) is 0.571. The first-order valence-electron chi connectivity index (χ1n) is 4.83. The van der Waals surface area contributed by atoms with Crippen LogP contribution in [0.4, 0.5) is 0 Å². The van der Waals surface area contributed by atoms with Crippen molar-refractivity contribution in [3.8, 4) is 0 Å². The van der Waals surface area contributed by atoms with Crippen molar-refractivity contribution in [2.24, 2.45) is 0 Å². The average molecular weight is 227 g/mol. The Kier molecular flexibility index (Phi) is 2.70. The van der Waals surface area contributed by atoms with Crippen LogP contribution in [0.2, 0.25) is 0 Å². The first-order chi connectivity index (χ1) is 7.09. The van der Waals surface area contributed by atoms with Crippen molar-refractivity contribution < 1.29 is 8.42 Å². The topological polar surface area (TPSA) is 63.2 Å². The van der Waals surface area contributed by atoms with E-state index in [1.807, 2.05) is 0 Å². The van der Waals surface area contributed by atoms with E-state index in [-0.39, 0.29) is 6.04 Å². The molecule has 0 N–H and O–H groups in total. The van der Waals surface area contributed by atoms with Crippen LogP contribution >= 0.6 is 0 Å². The zero-order chi connectivity index (χ0) is 10.9. The van der Waals surface area contributed by atoms with E-state index in [2.05, 4.69) is 9.97 Å². The predicted octanol–water partition coefficient (Wildman–Crippen LogP) is 0.573. The molecule has 0 radical (unpaired) electrons. The van der Waals surface area contributed by atoms with Crippen LogP contribution in [0.3, 0.4) is 0 Å². The van der Waals surface area contributed by atoms with Crippen LogP contribution in [-0.4, -0.2) is 35.5 Å². The molecule has 2 rings (SSSR count). The highest BCUT2D eigenvalue weighted by Gasteiger charge is 2.33. The maximum Gasteiger partial charge on any atom is 0.211 e. The number of rotatable bonds is 2. The molecule has 1 aliphatic heterocycles. The van der Waals surface area contributed by atoms with Crippen LogP contribution in [-0.2, 0) is 10.0 Å². The molecule has 1 atom stereocenters. The molecular formula is C9H13N3O2S. The minimum Gasteiger partial charge on any atom is -0.240 e. The van der Waals surface area contributed by atoms with Gasteiger partial charge in [0.2, 0.25) is 10.0 Å². The molecule has 6 heteroatoms. The second kappa shape index (κ2) is 3.86. The molecule has 15 heavy (non-hydrogen) atoms. The Hall–Kier alpha value is -1.01. The summed E-state index contributed by atoms with van der Waals surface area (Å²) in [7, 11) is -3.15. The first kappa shape index (κ1) is 10.5. The summed E-state index contributed by atoms with van der Waals surface area (Å²) < 4.78 is 24.4. The highest BCUT2D eigenvalue weighted by molar-refractivity contribution is 7.88. The van der Waals surface area contributed by atoms with Crippen LogP contribution in [0.25, 0.3) is 0 Å². The molecule has 1 saturated heterocycles. The minimum atomic E-state index is -3.15. The van der Waals surface area contributed by atoms with Crippen LogP contribution in [0.5, 0.6) is 0 Å². The van der Waals surface area contributed by atoms with Crippen molar-refractivity contribution >= 4 is 10.0 Å². The SMILES string of the molecule is CS(=O)(=O)N1CCCC1c1ncccn1. The fourth-order valence-electron chi connectivity index (χ4n) is 1.88. The van der Waals surface area contributed by atoms with Crippen molar-refractivity contribution in [2.75, 3.05) is 12.8 Å². The van der Waals surface area contributed by atoms with Crippen LogP contribution in [0.1, 0.15) is 24.7 Å². The van der Waals surface area contributed by atoms with Crippen LogP contribution < -0.4 is 0 Å². The summed E-state index contributed by atoms with van der Waals surface area (Å²) in [6.07, 6.45) is 6.18. The van der Waals surface area contributed by atoms with Gasteiger partial charge < -0.3 is 0 Å². The number of nitrogens with zero attached hydrogens (tertiary/aromatic N) is 3. The van der Waals surface area contributed by atoms with E-state index >= 15 is 0 Å². The zero-order valence-electron chi connectivity index (χ0n) is 8.50. The smallest absolute Gasteiger partial charge is 0.211 e. The fourth-order valence-corrected chi connectivity index (χ4v) is 3.00. The molecule has 0 spiro atoms. The summed E-state index contributed by atoms with van der Waals surface area (Å²) in [5, 5.41) is 0. The molecule has 1 aliphatic rings. The maximum absolute atomic E-state index is 11.5. The Labute approximate surface area is 89.2 Å². The number of hydrogen-bond acceptors (Lipinski definition) is 4. The summed E-state index contributed by atoms with van der Waals surface area (Å²) in [5.41, 5.74) is 0. The zero-order valence-corrected chi connectivity index (χ0v) is 9.31. The van der Waals surface area contributed by atoms with E-state index in [1.54, 1.807) is 18.5 Å². The van der Waals surface area contributed by atoms with Crippen molar-refractivity contribution in [2.45, 2.75) is 18.9 Å². The normalized spacial score (nSPS) is 23.1. The highest BCUT2D eigenvalue weighted by Crippen LogP contribution is 2.31. The third kappa shape index (κ3) is 2.15. The van der Waals surface area contributed by atoms with Gasteiger partial charge >= 0.3 is 0 Å². The van der Waals surface area contributed by atoms with E-state index in [1.165, 1.54) is 10.6 Å². The molecule has 1 fully saturated rings. The van der Waals surface area contributed by atoms with Gasteiger partial charge in [0.1, 0.15) is 5.82 Å². The Bertz CT molecular complexity index is 432. The van der Waals surface area contributed by atoms with Gasteiger partial charge in [0.15, 0.2) is 0 Å². The lowest BCUT2D eigenvalue weighted by Crippen LogP contribution is -2.30. The van der Waals surface area contributed by atoms with E-state index in [0.717, 1.165) is 12.8 Å². The van der Waals surface area contributed by atoms with E-state index in [9.17, 15) is 8.42 Å². The quantitative estimate of drug-likeness (QED) is 0.741. The van der Waals surface area contributed by atoms with Gasteiger partial charge in [-0.1, -0.05) is 0 Å². The molecule has 0 aromatic carbocycles. The van der Waals surface area contributed by atoms with Crippen molar-refractivity contribution in [1.29, 1.82) is 0 Å². The lowest BCUT2D eigenvalue weighted by molar-refractivity contribution is 0.386. The highest BCUT2D eigenvalue weighted by atomic mass is 32.2. The molecule has 1 aromatic heterocycles. The number of aromatic nitrogens is 2. The second-order valence-corrected chi connectivity index (χ2v) is 5.57.